The van der Waals surface area contributed by atoms with E-state index in [2.05, 4.69) is 25.6 Å². The molecule has 0 unspecified atom stereocenters. The van der Waals surface area contributed by atoms with Crippen LogP contribution in [0.25, 0.3) is 22.2 Å². The zero-order valence-corrected chi connectivity index (χ0v) is 19.4. The first kappa shape index (κ1) is 23.0. The maximum absolute atomic E-state index is 12.8. The van der Waals surface area contributed by atoms with Crippen LogP contribution in [0.15, 0.2) is 67.1 Å². The monoisotopic (exact) mass is 457 g/mol. The number of carbonyl (C=O) groups excluding carboxylic acids is 2. The lowest BCUT2D eigenvalue weighted by molar-refractivity contribution is -0.120. The number of rotatable bonds is 6. The molecule has 174 valence electrons. The van der Waals surface area contributed by atoms with Gasteiger partial charge >= 0.3 is 6.09 Å². The molecule has 3 heterocycles. The highest BCUT2D eigenvalue weighted by atomic mass is 16.6. The summed E-state index contributed by atoms with van der Waals surface area (Å²) in [6.45, 7) is 5.74. The number of aromatic nitrogens is 3. The summed E-state index contributed by atoms with van der Waals surface area (Å²) in [5.41, 5.74) is 3.95. The minimum atomic E-state index is -0.622. The summed E-state index contributed by atoms with van der Waals surface area (Å²) < 4.78 is 5.32. The lowest BCUT2D eigenvalue weighted by Crippen LogP contribution is -2.27. The van der Waals surface area contributed by atoms with Crippen molar-refractivity contribution < 1.29 is 14.3 Å². The van der Waals surface area contributed by atoms with Crippen LogP contribution in [0.1, 0.15) is 32.0 Å². The van der Waals surface area contributed by atoms with Gasteiger partial charge in [-0.2, -0.15) is 0 Å². The van der Waals surface area contributed by atoms with E-state index in [1.807, 2.05) is 42.5 Å². The molecule has 3 aromatic heterocycles. The fourth-order valence-electron chi connectivity index (χ4n) is 3.55. The predicted octanol–water partition coefficient (Wildman–Crippen LogP) is 4.83. The van der Waals surface area contributed by atoms with Crippen molar-refractivity contribution in [1.82, 2.24) is 20.3 Å². The van der Waals surface area contributed by atoms with Crippen LogP contribution < -0.4 is 10.6 Å². The fourth-order valence-corrected chi connectivity index (χ4v) is 3.55. The molecule has 0 spiro atoms. The van der Waals surface area contributed by atoms with Crippen molar-refractivity contribution in [1.29, 1.82) is 0 Å². The van der Waals surface area contributed by atoms with Crippen molar-refractivity contribution in [3.63, 3.8) is 0 Å². The van der Waals surface area contributed by atoms with E-state index in [0.29, 0.717) is 23.5 Å². The van der Waals surface area contributed by atoms with Crippen LogP contribution in [-0.4, -0.2) is 32.6 Å². The van der Waals surface area contributed by atoms with Gasteiger partial charge in [-0.05, 0) is 44.5 Å². The van der Waals surface area contributed by atoms with Crippen LogP contribution in [0.4, 0.5) is 10.5 Å². The summed E-state index contributed by atoms with van der Waals surface area (Å²) in [5, 5.41) is 6.63. The van der Waals surface area contributed by atoms with E-state index in [-0.39, 0.29) is 12.3 Å². The number of nitrogens with zero attached hydrogens (tertiary/aromatic N) is 2. The number of carbonyl (C=O) groups is 2. The molecular formula is C26H27N5O3. The Morgan fingerprint density at radius 3 is 2.59 bits per heavy atom. The number of H-pyrrole nitrogens is 1. The second-order valence-electron chi connectivity index (χ2n) is 8.94. The van der Waals surface area contributed by atoms with Crippen LogP contribution in [0.2, 0.25) is 0 Å². The van der Waals surface area contributed by atoms with Crippen molar-refractivity contribution >= 4 is 28.6 Å². The van der Waals surface area contributed by atoms with E-state index in [0.717, 1.165) is 22.2 Å². The molecule has 0 fully saturated rings. The zero-order chi connectivity index (χ0) is 24.1. The third-order valence-corrected chi connectivity index (χ3v) is 4.96. The van der Waals surface area contributed by atoms with Crippen molar-refractivity contribution in [2.24, 2.45) is 0 Å². The summed E-state index contributed by atoms with van der Waals surface area (Å²) in [6.07, 6.45) is 4.58. The average molecular weight is 458 g/mol. The smallest absolute Gasteiger partial charge is 0.412 e. The summed E-state index contributed by atoms with van der Waals surface area (Å²) in [6, 6.07) is 15.2. The number of amides is 2. The van der Waals surface area contributed by atoms with Gasteiger partial charge < -0.3 is 15.0 Å². The molecule has 0 aliphatic heterocycles. The molecule has 0 bridgehead atoms. The highest BCUT2D eigenvalue weighted by Gasteiger charge is 2.18. The number of hydrogen-bond donors (Lipinski definition) is 3. The summed E-state index contributed by atoms with van der Waals surface area (Å²) in [5.74, 6) is -0.162. The Bertz CT molecular complexity index is 1280. The first-order valence-corrected chi connectivity index (χ1v) is 11.0. The van der Waals surface area contributed by atoms with Crippen LogP contribution in [0.5, 0.6) is 0 Å². The lowest BCUT2D eigenvalue weighted by Gasteiger charge is -2.20. The van der Waals surface area contributed by atoms with E-state index >= 15 is 0 Å². The van der Waals surface area contributed by atoms with E-state index in [1.54, 1.807) is 45.4 Å². The largest absolute Gasteiger partial charge is 0.444 e. The molecule has 0 atom stereocenters. The van der Waals surface area contributed by atoms with E-state index in [1.165, 1.54) is 0 Å². The minimum absolute atomic E-state index is 0.100. The van der Waals surface area contributed by atoms with Gasteiger partial charge in [-0.3, -0.25) is 20.1 Å². The minimum Gasteiger partial charge on any atom is -0.444 e. The molecule has 0 aliphatic rings. The Hall–Kier alpha value is -4.20. The number of aromatic amines is 1. The highest BCUT2D eigenvalue weighted by molar-refractivity contribution is 5.87. The Balaban J connectivity index is 1.51. The second kappa shape index (κ2) is 9.74. The third kappa shape index (κ3) is 5.98. The standard InChI is InChI=1S/C26H27N5O3/c1-26(2,3)34-25(33)31-21-11-18(24(29-16-21)17-7-5-4-6-8-17)13-23(32)28-15-20-12-19-14-27-10-9-22(19)30-20/h4-12,14,16,30H,13,15H2,1-3H3,(H,28,32)(H,31,33). The van der Waals surface area contributed by atoms with Crippen LogP contribution in [-0.2, 0) is 22.5 Å². The van der Waals surface area contributed by atoms with Gasteiger partial charge in [0.1, 0.15) is 5.60 Å². The number of benzene rings is 1. The number of ether oxygens (including phenoxy) is 1. The van der Waals surface area contributed by atoms with Crippen LogP contribution in [0, 0.1) is 0 Å². The van der Waals surface area contributed by atoms with Gasteiger partial charge in [0.05, 0.1) is 30.5 Å². The van der Waals surface area contributed by atoms with Gasteiger partial charge in [-0.15, -0.1) is 0 Å². The van der Waals surface area contributed by atoms with Crippen LogP contribution in [0.3, 0.4) is 0 Å². The quantitative estimate of drug-likeness (QED) is 0.384. The molecule has 1 aromatic carbocycles. The van der Waals surface area contributed by atoms with Gasteiger partial charge in [0.15, 0.2) is 0 Å². The highest BCUT2D eigenvalue weighted by Crippen LogP contribution is 2.25. The topological polar surface area (TPSA) is 109 Å². The molecule has 0 radical (unpaired) electrons. The maximum Gasteiger partial charge on any atom is 0.412 e. The first-order valence-electron chi connectivity index (χ1n) is 11.0. The van der Waals surface area contributed by atoms with Crippen molar-refractivity contribution in [3.05, 3.63) is 78.4 Å². The number of nitrogens with one attached hydrogen (secondary N) is 3. The zero-order valence-electron chi connectivity index (χ0n) is 19.4. The first-order chi connectivity index (χ1) is 16.3. The average Bonchev–Trinajstić information content (AvgIpc) is 3.20. The lowest BCUT2D eigenvalue weighted by atomic mass is 10.0. The van der Waals surface area contributed by atoms with E-state index in [4.69, 9.17) is 4.74 Å². The third-order valence-electron chi connectivity index (χ3n) is 4.96. The summed E-state index contributed by atoms with van der Waals surface area (Å²) in [4.78, 5) is 36.9. The summed E-state index contributed by atoms with van der Waals surface area (Å²) >= 11 is 0. The normalized spacial score (nSPS) is 11.3. The fraction of sp³-hybridized carbons (Fsp3) is 0.231. The van der Waals surface area contributed by atoms with Gasteiger partial charge in [0.2, 0.25) is 5.91 Å². The molecule has 2 amide bonds. The molecular weight excluding hydrogens is 430 g/mol. The van der Waals surface area contributed by atoms with Gasteiger partial charge in [0, 0.05) is 34.6 Å². The van der Waals surface area contributed by atoms with Gasteiger partial charge in [0.25, 0.3) is 0 Å². The maximum atomic E-state index is 12.8. The molecule has 0 saturated carbocycles. The molecule has 4 aromatic rings. The van der Waals surface area contributed by atoms with Crippen LogP contribution >= 0.6 is 0 Å². The molecule has 0 aliphatic carbocycles. The Morgan fingerprint density at radius 1 is 1.06 bits per heavy atom. The molecule has 4 rings (SSSR count). The molecule has 8 heteroatoms. The Labute approximate surface area is 197 Å². The molecule has 0 saturated heterocycles. The second-order valence-corrected chi connectivity index (χ2v) is 8.94. The molecule has 8 nitrogen and oxygen atoms in total. The number of pyridine rings is 2. The van der Waals surface area contributed by atoms with Crippen molar-refractivity contribution in [3.8, 4) is 11.3 Å². The Kier molecular flexibility index (Phi) is 6.58. The number of fused-ring (bicyclic) bond motifs is 1. The Morgan fingerprint density at radius 2 is 1.85 bits per heavy atom. The predicted molar refractivity (Wildman–Crippen MR) is 131 cm³/mol. The SMILES string of the molecule is CC(C)(C)OC(=O)Nc1cnc(-c2ccccc2)c(CC(=O)NCc2cc3cnccc3[nH]2)c1. The summed E-state index contributed by atoms with van der Waals surface area (Å²) in [7, 11) is 0. The molecule has 34 heavy (non-hydrogen) atoms. The molecule has 3 N–H and O–H groups in total. The van der Waals surface area contributed by atoms with Gasteiger partial charge in [-0.1, -0.05) is 30.3 Å². The van der Waals surface area contributed by atoms with E-state index < -0.39 is 11.7 Å². The number of hydrogen-bond acceptors (Lipinski definition) is 5. The van der Waals surface area contributed by atoms with Gasteiger partial charge in [-0.25, -0.2) is 4.79 Å². The van der Waals surface area contributed by atoms with E-state index in [9.17, 15) is 9.59 Å². The van der Waals surface area contributed by atoms with Crippen molar-refractivity contribution in [2.75, 3.05) is 5.32 Å². The van der Waals surface area contributed by atoms with Crippen molar-refractivity contribution in [2.45, 2.75) is 39.3 Å². The number of anilines is 1.